The molecule has 0 atom stereocenters. The highest BCUT2D eigenvalue weighted by molar-refractivity contribution is 5.87. The van der Waals surface area contributed by atoms with Gasteiger partial charge in [0.15, 0.2) is 0 Å². The Hall–Kier alpha value is -1.31. The van der Waals surface area contributed by atoms with Crippen LogP contribution in [0.25, 0.3) is 0 Å². The van der Waals surface area contributed by atoms with E-state index in [9.17, 15) is 4.79 Å². The summed E-state index contributed by atoms with van der Waals surface area (Å²) < 4.78 is 0. The molecule has 0 saturated carbocycles. The van der Waals surface area contributed by atoms with Crippen LogP contribution in [0.15, 0.2) is 24.3 Å². The lowest BCUT2D eigenvalue weighted by Crippen LogP contribution is -2.05. The highest BCUT2D eigenvalue weighted by atomic mass is 16.4. The van der Waals surface area contributed by atoms with Crippen molar-refractivity contribution >= 4 is 5.97 Å². The van der Waals surface area contributed by atoms with Crippen LogP contribution in [0.2, 0.25) is 0 Å². The molecule has 0 bridgehead atoms. The van der Waals surface area contributed by atoms with Gasteiger partial charge in [0.25, 0.3) is 0 Å². The van der Waals surface area contributed by atoms with Crippen LogP contribution >= 0.6 is 0 Å². The van der Waals surface area contributed by atoms with Gasteiger partial charge in [0, 0.05) is 0 Å². The van der Waals surface area contributed by atoms with Gasteiger partial charge in [0.2, 0.25) is 0 Å². The fourth-order valence-corrected chi connectivity index (χ4v) is 1.68. The van der Waals surface area contributed by atoms with E-state index in [1.807, 2.05) is 12.1 Å². The minimum Gasteiger partial charge on any atom is -0.478 e. The zero-order valence-electron chi connectivity index (χ0n) is 10.3. The Morgan fingerprint density at radius 3 is 2.56 bits per heavy atom. The van der Waals surface area contributed by atoms with Crippen LogP contribution < -0.4 is 0 Å². The Bertz CT molecular complexity index is 361. The maximum Gasteiger partial charge on any atom is 0.335 e. The molecule has 0 unspecified atom stereocenters. The van der Waals surface area contributed by atoms with Gasteiger partial charge in [-0.15, -0.1) is 0 Å². The maximum atomic E-state index is 10.8. The molecule has 0 radical (unpaired) electrons. The van der Waals surface area contributed by atoms with E-state index in [1.165, 1.54) is 0 Å². The van der Waals surface area contributed by atoms with Crippen molar-refractivity contribution in [1.82, 2.24) is 0 Å². The summed E-state index contributed by atoms with van der Waals surface area (Å²) in [5.74, 6) is -0.849. The van der Waals surface area contributed by atoms with Gasteiger partial charge in [-0.25, -0.2) is 4.79 Å². The molecule has 2 nitrogen and oxygen atoms in total. The van der Waals surface area contributed by atoms with Crippen molar-refractivity contribution in [3.05, 3.63) is 35.4 Å². The van der Waals surface area contributed by atoms with Crippen molar-refractivity contribution in [2.75, 3.05) is 0 Å². The molecule has 1 aromatic rings. The van der Waals surface area contributed by atoms with Crippen molar-refractivity contribution in [2.24, 2.45) is 5.41 Å². The van der Waals surface area contributed by atoms with Crippen molar-refractivity contribution in [2.45, 2.75) is 40.0 Å². The van der Waals surface area contributed by atoms with Gasteiger partial charge in [-0.05, 0) is 42.4 Å². The van der Waals surface area contributed by atoms with Gasteiger partial charge < -0.3 is 5.11 Å². The van der Waals surface area contributed by atoms with E-state index in [4.69, 9.17) is 5.11 Å². The third-order valence-corrected chi connectivity index (χ3v) is 2.57. The predicted molar refractivity (Wildman–Crippen MR) is 65.8 cm³/mol. The number of aromatic carboxylic acids is 1. The van der Waals surface area contributed by atoms with Crippen LogP contribution in [0.4, 0.5) is 0 Å². The highest BCUT2D eigenvalue weighted by Crippen LogP contribution is 2.22. The summed E-state index contributed by atoms with van der Waals surface area (Å²) in [7, 11) is 0. The smallest absolute Gasteiger partial charge is 0.335 e. The number of rotatable bonds is 4. The van der Waals surface area contributed by atoms with Crippen LogP contribution in [-0.4, -0.2) is 11.1 Å². The predicted octanol–water partition coefficient (Wildman–Crippen LogP) is 3.75. The maximum absolute atomic E-state index is 10.8. The van der Waals surface area contributed by atoms with Crippen molar-refractivity contribution in [3.63, 3.8) is 0 Å². The van der Waals surface area contributed by atoms with E-state index in [-0.39, 0.29) is 0 Å². The van der Waals surface area contributed by atoms with Crippen LogP contribution in [0.5, 0.6) is 0 Å². The molecular weight excluding hydrogens is 200 g/mol. The zero-order chi connectivity index (χ0) is 12.2. The van der Waals surface area contributed by atoms with E-state index in [1.54, 1.807) is 12.1 Å². The molecule has 1 aromatic carbocycles. The van der Waals surface area contributed by atoms with E-state index in [0.29, 0.717) is 11.0 Å². The first-order chi connectivity index (χ1) is 7.38. The second kappa shape index (κ2) is 5.15. The fraction of sp³-hybridized carbons (Fsp3) is 0.500. The second-order valence-corrected chi connectivity index (χ2v) is 5.42. The van der Waals surface area contributed by atoms with E-state index >= 15 is 0 Å². The summed E-state index contributed by atoms with van der Waals surface area (Å²) in [5.41, 5.74) is 1.85. The minimum absolute atomic E-state index is 0.352. The number of hydrogen-bond acceptors (Lipinski definition) is 1. The molecule has 0 saturated heterocycles. The Balaban J connectivity index is 2.55. The summed E-state index contributed by atoms with van der Waals surface area (Å²) in [4.78, 5) is 10.8. The molecular formula is C14H20O2. The number of benzene rings is 1. The van der Waals surface area contributed by atoms with E-state index in [2.05, 4.69) is 20.8 Å². The normalized spacial score (nSPS) is 11.4. The monoisotopic (exact) mass is 220 g/mol. The SMILES string of the molecule is CC(C)(C)CCCc1cccc(C(=O)O)c1. The molecule has 0 aromatic heterocycles. The molecule has 0 aliphatic carbocycles. The molecule has 0 aliphatic heterocycles. The lowest BCUT2D eigenvalue weighted by molar-refractivity contribution is 0.0696. The first-order valence-corrected chi connectivity index (χ1v) is 5.71. The first-order valence-electron chi connectivity index (χ1n) is 5.71. The largest absolute Gasteiger partial charge is 0.478 e. The van der Waals surface area contributed by atoms with Gasteiger partial charge in [0.05, 0.1) is 5.56 Å². The molecule has 0 fully saturated rings. The fourth-order valence-electron chi connectivity index (χ4n) is 1.68. The van der Waals surface area contributed by atoms with E-state index in [0.717, 1.165) is 24.8 Å². The number of carbonyl (C=O) groups is 1. The number of carboxylic acids is 1. The lowest BCUT2D eigenvalue weighted by Gasteiger charge is -2.17. The molecule has 0 heterocycles. The zero-order valence-corrected chi connectivity index (χ0v) is 10.3. The van der Waals surface area contributed by atoms with Crippen LogP contribution in [0.3, 0.4) is 0 Å². The summed E-state index contributed by atoms with van der Waals surface area (Å²) in [6.07, 6.45) is 3.22. The molecule has 1 rings (SSSR count). The highest BCUT2D eigenvalue weighted by Gasteiger charge is 2.09. The Labute approximate surface area is 97.3 Å². The molecule has 0 aliphatic rings. The van der Waals surface area contributed by atoms with Crippen molar-refractivity contribution < 1.29 is 9.90 Å². The third-order valence-electron chi connectivity index (χ3n) is 2.57. The molecule has 0 amide bonds. The third kappa shape index (κ3) is 4.47. The van der Waals surface area contributed by atoms with Gasteiger partial charge in [-0.1, -0.05) is 32.9 Å². The Kier molecular flexibility index (Phi) is 4.11. The number of aryl methyl sites for hydroxylation is 1. The van der Waals surface area contributed by atoms with Crippen LogP contribution in [0, 0.1) is 5.41 Å². The molecule has 16 heavy (non-hydrogen) atoms. The van der Waals surface area contributed by atoms with Gasteiger partial charge >= 0.3 is 5.97 Å². The molecule has 1 N–H and O–H groups in total. The van der Waals surface area contributed by atoms with Crippen LogP contribution in [0.1, 0.15) is 49.5 Å². The lowest BCUT2D eigenvalue weighted by atomic mass is 9.89. The molecule has 88 valence electrons. The first kappa shape index (κ1) is 12.8. The van der Waals surface area contributed by atoms with Crippen molar-refractivity contribution in [1.29, 1.82) is 0 Å². The minimum atomic E-state index is -0.849. The Morgan fingerprint density at radius 1 is 1.31 bits per heavy atom. The van der Waals surface area contributed by atoms with Gasteiger partial charge in [0.1, 0.15) is 0 Å². The molecule has 0 spiro atoms. The standard InChI is InChI=1S/C14H20O2/c1-14(2,3)9-5-7-11-6-4-8-12(10-11)13(15)16/h4,6,8,10H,5,7,9H2,1-3H3,(H,15,16). The summed E-state index contributed by atoms with van der Waals surface area (Å²) in [6, 6.07) is 7.21. The summed E-state index contributed by atoms with van der Waals surface area (Å²) in [6.45, 7) is 6.67. The van der Waals surface area contributed by atoms with E-state index < -0.39 is 5.97 Å². The molecule has 2 heteroatoms. The van der Waals surface area contributed by atoms with Gasteiger partial charge in [-0.2, -0.15) is 0 Å². The second-order valence-electron chi connectivity index (χ2n) is 5.42. The van der Waals surface area contributed by atoms with Gasteiger partial charge in [-0.3, -0.25) is 0 Å². The Morgan fingerprint density at radius 2 is 2.00 bits per heavy atom. The van der Waals surface area contributed by atoms with Crippen LogP contribution in [-0.2, 0) is 6.42 Å². The number of hydrogen-bond donors (Lipinski definition) is 1. The average molecular weight is 220 g/mol. The number of carboxylic acid groups (broad SMARTS) is 1. The quantitative estimate of drug-likeness (QED) is 0.839. The van der Waals surface area contributed by atoms with Crippen molar-refractivity contribution in [3.8, 4) is 0 Å². The summed E-state index contributed by atoms with van der Waals surface area (Å²) in [5, 5.41) is 8.86. The topological polar surface area (TPSA) is 37.3 Å². The average Bonchev–Trinajstić information content (AvgIpc) is 2.16. The summed E-state index contributed by atoms with van der Waals surface area (Å²) >= 11 is 0.